The highest BCUT2D eigenvalue weighted by atomic mass is 16.5. The van der Waals surface area contributed by atoms with Gasteiger partial charge in [0.15, 0.2) is 0 Å². The molecular weight excluding hydrogens is 278 g/mol. The third-order valence-electron chi connectivity index (χ3n) is 6.34. The molecule has 1 aliphatic heterocycles. The molecule has 3 aliphatic rings. The summed E-state index contributed by atoms with van der Waals surface area (Å²) in [5.74, 6) is 0.768. The zero-order valence-corrected chi connectivity index (χ0v) is 13.2. The van der Waals surface area contributed by atoms with E-state index < -0.39 is 0 Å². The number of piperidine rings is 1. The molecule has 4 rings (SSSR count). The Morgan fingerprint density at radius 1 is 1.36 bits per heavy atom. The van der Waals surface area contributed by atoms with Crippen LogP contribution in [-0.4, -0.2) is 36.2 Å². The predicted molar refractivity (Wildman–Crippen MR) is 83.0 cm³/mol. The Morgan fingerprint density at radius 3 is 2.95 bits per heavy atom. The summed E-state index contributed by atoms with van der Waals surface area (Å²) in [4.78, 5) is 12.4. The first-order chi connectivity index (χ1) is 10.5. The van der Waals surface area contributed by atoms with Gasteiger partial charge in [0.25, 0.3) is 0 Å². The summed E-state index contributed by atoms with van der Waals surface area (Å²) in [7, 11) is 1.79. The molecule has 2 aliphatic carbocycles. The summed E-state index contributed by atoms with van der Waals surface area (Å²) in [6.45, 7) is 3.04. The minimum Gasteiger partial charge on any atom is -0.508 e. The Balaban J connectivity index is 2.02. The lowest BCUT2D eigenvalue weighted by Crippen LogP contribution is -2.76. The van der Waals surface area contributed by atoms with Crippen LogP contribution in [0.1, 0.15) is 37.3 Å². The summed E-state index contributed by atoms with van der Waals surface area (Å²) < 4.78 is 6.20. The van der Waals surface area contributed by atoms with Gasteiger partial charge in [-0.15, -0.1) is 0 Å². The highest BCUT2D eigenvalue weighted by Crippen LogP contribution is 2.59. The SMILES string of the molecule is CO[C@@]12[C@H](C)CC(=O)C[C@@]13CCN[C@@H]2Cc1ccc(O)cc13. The number of benzene rings is 1. The van der Waals surface area contributed by atoms with E-state index in [1.54, 1.807) is 13.2 Å². The van der Waals surface area contributed by atoms with E-state index in [1.165, 1.54) is 5.56 Å². The number of ether oxygens (including phenoxy) is 1. The highest BCUT2D eigenvalue weighted by Gasteiger charge is 2.66. The van der Waals surface area contributed by atoms with Crippen molar-refractivity contribution >= 4 is 5.78 Å². The molecule has 22 heavy (non-hydrogen) atoms. The van der Waals surface area contributed by atoms with Gasteiger partial charge in [-0.2, -0.15) is 0 Å². The van der Waals surface area contributed by atoms with Crippen LogP contribution in [0, 0.1) is 5.92 Å². The van der Waals surface area contributed by atoms with Gasteiger partial charge in [-0.3, -0.25) is 4.79 Å². The Kier molecular flexibility index (Phi) is 2.94. The summed E-state index contributed by atoms with van der Waals surface area (Å²) in [6, 6.07) is 5.86. The molecule has 1 saturated carbocycles. The average Bonchev–Trinajstić information content (AvgIpc) is 2.47. The molecular formula is C18H23NO3. The van der Waals surface area contributed by atoms with E-state index in [2.05, 4.69) is 12.2 Å². The largest absolute Gasteiger partial charge is 0.508 e. The molecule has 0 unspecified atom stereocenters. The molecule has 1 aromatic rings. The van der Waals surface area contributed by atoms with Crippen LogP contribution in [0.5, 0.6) is 5.75 Å². The minimum absolute atomic E-state index is 0.173. The van der Waals surface area contributed by atoms with Crippen LogP contribution < -0.4 is 5.32 Å². The predicted octanol–water partition coefficient (Wildman–Crippen LogP) is 1.93. The van der Waals surface area contributed by atoms with E-state index in [4.69, 9.17) is 4.74 Å². The van der Waals surface area contributed by atoms with E-state index in [9.17, 15) is 9.90 Å². The third-order valence-corrected chi connectivity index (χ3v) is 6.34. The van der Waals surface area contributed by atoms with Crippen LogP contribution in [0.4, 0.5) is 0 Å². The monoisotopic (exact) mass is 301 g/mol. The van der Waals surface area contributed by atoms with Gasteiger partial charge in [0.2, 0.25) is 0 Å². The average molecular weight is 301 g/mol. The quantitative estimate of drug-likeness (QED) is 0.832. The highest BCUT2D eigenvalue weighted by molar-refractivity contribution is 5.83. The topological polar surface area (TPSA) is 58.6 Å². The van der Waals surface area contributed by atoms with Crippen molar-refractivity contribution in [1.29, 1.82) is 0 Å². The van der Waals surface area contributed by atoms with Gasteiger partial charge in [0.05, 0.1) is 5.60 Å². The van der Waals surface area contributed by atoms with Gasteiger partial charge in [0, 0.05) is 31.4 Å². The molecule has 1 saturated heterocycles. The molecule has 2 N–H and O–H groups in total. The molecule has 2 fully saturated rings. The van der Waals surface area contributed by atoms with Crippen molar-refractivity contribution in [3.05, 3.63) is 29.3 Å². The van der Waals surface area contributed by atoms with Crippen molar-refractivity contribution in [2.24, 2.45) is 5.92 Å². The lowest BCUT2D eigenvalue weighted by molar-refractivity contribution is -0.182. The Hall–Kier alpha value is -1.39. The smallest absolute Gasteiger partial charge is 0.134 e. The Morgan fingerprint density at radius 2 is 2.18 bits per heavy atom. The van der Waals surface area contributed by atoms with E-state index in [0.29, 0.717) is 18.6 Å². The van der Waals surface area contributed by atoms with Gasteiger partial charge < -0.3 is 15.2 Å². The van der Waals surface area contributed by atoms with Crippen LogP contribution >= 0.6 is 0 Å². The van der Waals surface area contributed by atoms with Gasteiger partial charge >= 0.3 is 0 Å². The van der Waals surface area contributed by atoms with Crippen LogP contribution in [-0.2, 0) is 21.4 Å². The minimum atomic E-state index is -0.361. The molecule has 4 atom stereocenters. The van der Waals surface area contributed by atoms with Gasteiger partial charge in [-0.25, -0.2) is 0 Å². The number of methoxy groups -OCH3 is 1. The van der Waals surface area contributed by atoms with Crippen LogP contribution in [0.3, 0.4) is 0 Å². The second-order valence-corrected chi connectivity index (χ2v) is 7.20. The molecule has 1 heterocycles. The first-order valence-corrected chi connectivity index (χ1v) is 8.16. The molecule has 0 amide bonds. The maximum absolute atomic E-state index is 12.4. The molecule has 118 valence electrons. The zero-order valence-electron chi connectivity index (χ0n) is 13.2. The number of ketones is 1. The fourth-order valence-corrected chi connectivity index (χ4v) is 5.69. The van der Waals surface area contributed by atoms with E-state index in [1.807, 2.05) is 12.1 Å². The Labute approximate surface area is 130 Å². The number of fused-ring (bicyclic) bond motifs is 1. The number of aromatic hydroxyl groups is 1. The van der Waals surface area contributed by atoms with Crippen molar-refractivity contribution < 1.29 is 14.6 Å². The van der Waals surface area contributed by atoms with Crippen molar-refractivity contribution in [3.63, 3.8) is 0 Å². The van der Waals surface area contributed by atoms with Crippen molar-refractivity contribution in [3.8, 4) is 5.75 Å². The van der Waals surface area contributed by atoms with Gasteiger partial charge in [0.1, 0.15) is 11.5 Å². The Bertz CT molecular complexity index is 643. The van der Waals surface area contributed by atoms with Crippen LogP contribution in [0.15, 0.2) is 18.2 Å². The first kappa shape index (κ1) is 14.2. The standard InChI is InChI=1S/C18H23NO3/c1-11-7-14(21)10-17-5-6-19-16(18(11,17)22-2)8-12-3-4-13(20)9-15(12)17/h3-4,9,11,16,19-20H,5-8,10H2,1-2H3/t11-,16-,17-,18-/m1/s1. The zero-order chi connectivity index (χ0) is 15.5. The molecule has 1 aromatic carbocycles. The first-order valence-electron chi connectivity index (χ1n) is 8.16. The summed E-state index contributed by atoms with van der Waals surface area (Å²) in [6.07, 6.45) is 2.88. The molecule has 0 aromatic heterocycles. The summed E-state index contributed by atoms with van der Waals surface area (Å²) >= 11 is 0. The van der Waals surface area contributed by atoms with Crippen molar-refractivity contribution in [1.82, 2.24) is 5.32 Å². The summed E-state index contributed by atoms with van der Waals surface area (Å²) in [5, 5.41) is 13.7. The lowest BCUT2D eigenvalue weighted by Gasteiger charge is -2.64. The summed E-state index contributed by atoms with van der Waals surface area (Å²) in [5.41, 5.74) is 1.70. The third kappa shape index (κ3) is 1.52. The number of hydrogen-bond donors (Lipinski definition) is 2. The van der Waals surface area contributed by atoms with Crippen molar-refractivity contribution in [2.45, 2.75) is 49.7 Å². The number of rotatable bonds is 1. The number of nitrogens with one attached hydrogen (secondary N) is 1. The van der Waals surface area contributed by atoms with E-state index >= 15 is 0 Å². The second-order valence-electron chi connectivity index (χ2n) is 7.20. The van der Waals surface area contributed by atoms with E-state index in [0.717, 1.165) is 24.9 Å². The normalized spacial score (nSPS) is 40.0. The molecule has 0 spiro atoms. The van der Waals surface area contributed by atoms with Gasteiger partial charge in [-0.05, 0) is 48.6 Å². The lowest BCUT2D eigenvalue weighted by atomic mass is 9.47. The number of phenolic OH excluding ortho intramolecular Hbond substituents is 1. The number of carbonyl (C=O) groups excluding carboxylic acids is 1. The fourth-order valence-electron chi connectivity index (χ4n) is 5.69. The molecule has 4 nitrogen and oxygen atoms in total. The van der Waals surface area contributed by atoms with Crippen LogP contribution in [0.25, 0.3) is 0 Å². The number of Topliss-reactive ketones (excluding diaryl/α,β-unsaturated/α-hetero) is 1. The number of phenols is 1. The fraction of sp³-hybridized carbons (Fsp3) is 0.611. The number of hydrogen-bond acceptors (Lipinski definition) is 4. The number of carbonyl (C=O) groups is 1. The maximum Gasteiger partial charge on any atom is 0.134 e. The van der Waals surface area contributed by atoms with Crippen molar-refractivity contribution in [2.75, 3.05) is 13.7 Å². The molecule has 0 radical (unpaired) electrons. The van der Waals surface area contributed by atoms with E-state index in [-0.39, 0.29) is 28.7 Å². The van der Waals surface area contributed by atoms with Gasteiger partial charge in [-0.1, -0.05) is 13.0 Å². The molecule has 2 bridgehead atoms. The maximum atomic E-state index is 12.4. The second kappa shape index (κ2) is 4.56. The van der Waals surface area contributed by atoms with Crippen LogP contribution in [0.2, 0.25) is 0 Å². The molecule has 4 heteroatoms.